The van der Waals surface area contributed by atoms with E-state index in [0.717, 1.165) is 16.8 Å². The van der Waals surface area contributed by atoms with Gasteiger partial charge in [0.25, 0.3) is 0 Å². The Balaban J connectivity index is 1.96. The van der Waals surface area contributed by atoms with E-state index in [9.17, 15) is 0 Å². The van der Waals surface area contributed by atoms with Crippen molar-refractivity contribution in [1.29, 1.82) is 0 Å². The minimum absolute atomic E-state index is 0.253. The van der Waals surface area contributed by atoms with Gasteiger partial charge in [-0.05, 0) is 78.6 Å². The number of benzene rings is 1. The third-order valence-electron chi connectivity index (χ3n) is 6.97. The zero-order valence-electron chi connectivity index (χ0n) is 19.3. The normalized spacial score (nSPS) is 25.1. The highest BCUT2D eigenvalue weighted by atomic mass is 16.7. The molecule has 2 aliphatic rings. The fourth-order valence-electron chi connectivity index (χ4n) is 3.52. The van der Waals surface area contributed by atoms with E-state index in [0.29, 0.717) is 0 Å². The van der Waals surface area contributed by atoms with Crippen LogP contribution < -0.4 is 4.74 Å². The molecule has 0 aromatic heterocycles. The largest absolute Gasteiger partial charge is 0.497 e. The number of allylic oxidation sites excluding steroid dienone is 1. The van der Waals surface area contributed by atoms with Crippen molar-refractivity contribution in [1.82, 2.24) is 0 Å². The van der Waals surface area contributed by atoms with Crippen LogP contribution in [-0.2, 0) is 18.6 Å². The topological polar surface area (TPSA) is 46.2 Å². The van der Waals surface area contributed by atoms with Crippen LogP contribution >= 0.6 is 0 Å². The van der Waals surface area contributed by atoms with Crippen molar-refractivity contribution < 1.29 is 23.4 Å². The van der Waals surface area contributed by atoms with Crippen LogP contribution in [0.4, 0.5) is 0 Å². The van der Waals surface area contributed by atoms with Crippen LogP contribution in [0.5, 0.6) is 5.75 Å². The zero-order valence-corrected chi connectivity index (χ0v) is 19.3. The van der Waals surface area contributed by atoms with Gasteiger partial charge < -0.3 is 23.4 Å². The summed E-state index contributed by atoms with van der Waals surface area (Å²) in [4.78, 5) is 0. The molecule has 3 rings (SSSR count). The van der Waals surface area contributed by atoms with Crippen LogP contribution in [0.15, 0.2) is 36.3 Å². The molecule has 2 fully saturated rings. The van der Waals surface area contributed by atoms with Gasteiger partial charge in [0.1, 0.15) is 5.75 Å². The first-order valence-corrected chi connectivity index (χ1v) is 10.2. The van der Waals surface area contributed by atoms with Gasteiger partial charge in [-0.15, -0.1) is 6.58 Å². The minimum Gasteiger partial charge on any atom is -0.497 e. The summed E-state index contributed by atoms with van der Waals surface area (Å²) in [6.07, 6.45) is 0. The second-order valence-corrected chi connectivity index (χ2v) is 10.0. The molecule has 1 aromatic carbocycles. The average molecular weight is 400 g/mol. The first kappa shape index (κ1) is 22.4. The molecule has 0 bridgehead atoms. The maximum Gasteiger partial charge on any atom is 0.490 e. The van der Waals surface area contributed by atoms with Gasteiger partial charge in [0.15, 0.2) is 0 Å². The van der Waals surface area contributed by atoms with Gasteiger partial charge in [-0.1, -0.05) is 12.1 Å². The van der Waals surface area contributed by atoms with Crippen LogP contribution in [0.2, 0.25) is 0 Å². The fourth-order valence-corrected chi connectivity index (χ4v) is 3.52. The van der Waals surface area contributed by atoms with E-state index < -0.39 is 36.6 Å². The maximum atomic E-state index is 6.40. The summed E-state index contributed by atoms with van der Waals surface area (Å²) in [6.45, 7) is 20.7. The molecule has 0 unspecified atom stereocenters. The number of methoxy groups -OCH3 is 1. The molecule has 0 spiro atoms. The maximum absolute atomic E-state index is 6.40. The van der Waals surface area contributed by atoms with Gasteiger partial charge in [0, 0.05) is 5.82 Å². The first-order valence-electron chi connectivity index (χ1n) is 10.2. The van der Waals surface area contributed by atoms with Gasteiger partial charge in [-0.3, -0.25) is 0 Å². The number of ether oxygens (including phenoxy) is 1. The van der Waals surface area contributed by atoms with Gasteiger partial charge in [-0.25, -0.2) is 0 Å². The Morgan fingerprint density at radius 3 is 1.62 bits per heavy atom. The van der Waals surface area contributed by atoms with Crippen LogP contribution in [0.25, 0.3) is 0 Å². The molecule has 1 atom stereocenters. The lowest BCUT2D eigenvalue weighted by Gasteiger charge is -2.32. The van der Waals surface area contributed by atoms with Crippen molar-refractivity contribution in [2.75, 3.05) is 7.11 Å². The Morgan fingerprint density at radius 2 is 1.21 bits per heavy atom. The molecule has 2 saturated heterocycles. The second kappa shape index (κ2) is 7.16. The van der Waals surface area contributed by atoms with Gasteiger partial charge in [0.05, 0.1) is 29.5 Å². The second-order valence-electron chi connectivity index (χ2n) is 10.0. The molecule has 2 aliphatic heterocycles. The summed E-state index contributed by atoms with van der Waals surface area (Å²) in [6, 6.07) is 7.91. The number of hydrogen-bond acceptors (Lipinski definition) is 5. The van der Waals surface area contributed by atoms with E-state index >= 15 is 0 Å². The molecule has 0 N–H and O–H groups in total. The molecule has 7 heteroatoms. The predicted molar refractivity (Wildman–Crippen MR) is 117 cm³/mol. The first-order chi connectivity index (χ1) is 13.2. The van der Waals surface area contributed by atoms with E-state index in [2.05, 4.69) is 34.3 Å². The van der Waals surface area contributed by atoms with Crippen LogP contribution in [0, 0.1) is 0 Å². The highest BCUT2D eigenvalue weighted by Crippen LogP contribution is 2.46. The van der Waals surface area contributed by atoms with Crippen molar-refractivity contribution >= 4 is 14.2 Å². The summed E-state index contributed by atoms with van der Waals surface area (Å²) in [5.41, 5.74) is 0.0236. The van der Waals surface area contributed by atoms with E-state index in [4.69, 9.17) is 23.4 Å². The third-order valence-corrected chi connectivity index (χ3v) is 6.97. The molecule has 2 heterocycles. The summed E-state index contributed by atoms with van der Waals surface area (Å²) in [7, 11) is 0.607. The predicted octanol–water partition coefficient (Wildman–Crippen LogP) is 4.60. The van der Waals surface area contributed by atoms with Crippen LogP contribution in [0.1, 0.15) is 66.8 Å². The fraction of sp³-hybridized carbons (Fsp3) is 0.636. The SMILES string of the molecule is C=C(B1OC(C)(C)C(C)(C)O1)[C@H](B1OC(C)(C)C(C)(C)O1)c1ccc(OC)cc1. The Hall–Kier alpha value is -1.27. The van der Waals surface area contributed by atoms with E-state index in [1.54, 1.807) is 7.11 Å². The Kier molecular flexibility index (Phi) is 5.53. The molecule has 1 aromatic rings. The molecule has 0 saturated carbocycles. The highest BCUT2D eigenvalue weighted by Gasteiger charge is 2.58. The Morgan fingerprint density at radius 1 is 0.793 bits per heavy atom. The third kappa shape index (κ3) is 3.90. The lowest BCUT2D eigenvalue weighted by atomic mass is 9.55. The quantitative estimate of drug-likeness (QED) is 0.677. The molecular formula is C22H34B2O5. The smallest absolute Gasteiger partial charge is 0.490 e. The number of rotatable bonds is 5. The summed E-state index contributed by atoms with van der Waals surface area (Å²) >= 11 is 0. The van der Waals surface area contributed by atoms with E-state index in [-0.39, 0.29) is 5.82 Å². The molecule has 0 radical (unpaired) electrons. The summed E-state index contributed by atoms with van der Waals surface area (Å²) in [5.74, 6) is 0.541. The molecular weight excluding hydrogens is 366 g/mol. The van der Waals surface area contributed by atoms with E-state index in [1.165, 1.54) is 0 Å². The lowest BCUT2D eigenvalue weighted by Crippen LogP contribution is -2.41. The summed E-state index contributed by atoms with van der Waals surface area (Å²) < 4.78 is 30.7. The summed E-state index contributed by atoms with van der Waals surface area (Å²) in [5, 5.41) is 0. The molecule has 0 amide bonds. The molecule has 158 valence electrons. The highest BCUT2D eigenvalue weighted by molar-refractivity contribution is 6.60. The zero-order chi connectivity index (χ0) is 21.8. The standard InChI is InChI=1S/C22H34B2O5/c1-15(23-26-19(2,3)20(4,5)27-23)18(16-11-13-17(25-10)14-12-16)24-28-21(6,7)22(8,9)29-24/h11-14,18H,1H2,2-10H3/t18-/m0/s1. The minimum atomic E-state index is -0.550. The average Bonchev–Trinajstić information content (AvgIpc) is 2.95. The van der Waals surface area contributed by atoms with Crippen molar-refractivity contribution in [2.45, 2.75) is 83.6 Å². The van der Waals surface area contributed by atoms with Crippen molar-refractivity contribution in [2.24, 2.45) is 0 Å². The lowest BCUT2D eigenvalue weighted by molar-refractivity contribution is 0.00578. The van der Waals surface area contributed by atoms with Gasteiger partial charge in [-0.2, -0.15) is 0 Å². The van der Waals surface area contributed by atoms with Crippen LogP contribution in [0.3, 0.4) is 0 Å². The number of hydrogen-bond donors (Lipinski definition) is 0. The van der Waals surface area contributed by atoms with Crippen molar-refractivity contribution in [3.8, 4) is 5.75 Å². The van der Waals surface area contributed by atoms with Crippen molar-refractivity contribution in [3.63, 3.8) is 0 Å². The van der Waals surface area contributed by atoms with Gasteiger partial charge in [0.2, 0.25) is 0 Å². The molecule has 5 nitrogen and oxygen atoms in total. The Labute approximate surface area is 176 Å². The molecule has 29 heavy (non-hydrogen) atoms. The van der Waals surface area contributed by atoms with Gasteiger partial charge >= 0.3 is 14.2 Å². The monoisotopic (exact) mass is 400 g/mol. The van der Waals surface area contributed by atoms with Crippen LogP contribution in [-0.4, -0.2) is 43.8 Å². The molecule has 0 aliphatic carbocycles. The Bertz CT molecular complexity index is 738. The van der Waals surface area contributed by atoms with E-state index in [1.807, 2.05) is 52.0 Å². The van der Waals surface area contributed by atoms with Crippen molar-refractivity contribution in [3.05, 3.63) is 41.9 Å².